The van der Waals surface area contributed by atoms with Crippen molar-refractivity contribution in [3.8, 4) is 0 Å². The van der Waals surface area contributed by atoms with E-state index in [1.165, 1.54) is 38.4 Å². The number of furan rings is 1. The van der Waals surface area contributed by atoms with Crippen LogP contribution in [0, 0.1) is 0 Å². The Morgan fingerprint density at radius 3 is 2.45 bits per heavy atom. The van der Waals surface area contributed by atoms with Crippen LogP contribution >= 0.6 is 12.4 Å². The first-order valence-electron chi connectivity index (χ1n) is 7.27. The first-order chi connectivity index (χ1) is 9.22. The van der Waals surface area contributed by atoms with Gasteiger partial charge in [-0.2, -0.15) is 0 Å². The summed E-state index contributed by atoms with van der Waals surface area (Å²) in [5.41, 5.74) is 6.12. The number of carbonyl (C=O) groups is 1. The molecule has 2 rings (SSSR count). The number of hydrogen-bond donors (Lipinski definition) is 1. The van der Waals surface area contributed by atoms with Gasteiger partial charge in [0.05, 0.1) is 12.1 Å². The largest absolute Gasteiger partial charge is 0.467 e. The van der Waals surface area contributed by atoms with Crippen LogP contribution in [-0.2, 0) is 6.54 Å². The van der Waals surface area contributed by atoms with E-state index in [0.29, 0.717) is 23.9 Å². The highest BCUT2D eigenvalue weighted by atomic mass is 35.5. The first kappa shape index (κ1) is 17.1. The monoisotopic (exact) mass is 300 g/mol. The summed E-state index contributed by atoms with van der Waals surface area (Å²) in [7, 11) is 1.91. The zero-order valence-corrected chi connectivity index (χ0v) is 13.0. The van der Waals surface area contributed by atoms with Crippen molar-refractivity contribution in [3.05, 3.63) is 23.7 Å². The molecule has 2 N–H and O–H groups in total. The minimum absolute atomic E-state index is 0. The van der Waals surface area contributed by atoms with Crippen LogP contribution in [0.1, 0.15) is 61.1 Å². The molecule has 1 fully saturated rings. The standard InChI is InChI=1S/C15H24N2O2.ClH/c1-17(13-7-5-3-2-4-6-8-13)15(18)12-9-14(10-16)19-11-12;/h9,11,13H,2-8,10,16H2,1H3;1H. The maximum Gasteiger partial charge on any atom is 0.257 e. The maximum atomic E-state index is 12.4. The summed E-state index contributed by atoms with van der Waals surface area (Å²) in [6.45, 7) is 0.334. The zero-order valence-electron chi connectivity index (χ0n) is 12.1. The van der Waals surface area contributed by atoms with Crippen LogP contribution in [0.5, 0.6) is 0 Å². The van der Waals surface area contributed by atoms with Crippen LogP contribution in [0.25, 0.3) is 0 Å². The molecule has 0 unspecified atom stereocenters. The molecule has 0 radical (unpaired) electrons. The Morgan fingerprint density at radius 1 is 1.30 bits per heavy atom. The lowest BCUT2D eigenvalue weighted by atomic mass is 9.95. The fourth-order valence-corrected chi connectivity index (χ4v) is 2.79. The molecule has 4 nitrogen and oxygen atoms in total. The van der Waals surface area contributed by atoms with Crippen LogP contribution in [0.15, 0.2) is 16.7 Å². The third-order valence-corrected chi connectivity index (χ3v) is 4.04. The van der Waals surface area contributed by atoms with E-state index < -0.39 is 0 Å². The summed E-state index contributed by atoms with van der Waals surface area (Å²) < 4.78 is 5.24. The molecule has 1 aliphatic rings. The van der Waals surface area contributed by atoms with Crippen molar-refractivity contribution in [2.24, 2.45) is 5.73 Å². The predicted molar refractivity (Wildman–Crippen MR) is 82.0 cm³/mol. The number of nitrogens with zero attached hydrogens (tertiary/aromatic N) is 1. The van der Waals surface area contributed by atoms with Crippen molar-refractivity contribution in [3.63, 3.8) is 0 Å². The van der Waals surface area contributed by atoms with Crippen LogP contribution in [0.2, 0.25) is 0 Å². The van der Waals surface area contributed by atoms with E-state index in [-0.39, 0.29) is 18.3 Å². The quantitative estimate of drug-likeness (QED) is 0.931. The van der Waals surface area contributed by atoms with Gasteiger partial charge in [-0.15, -0.1) is 12.4 Å². The summed E-state index contributed by atoms with van der Waals surface area (Å²) in [4.78, 5) is 14.3. The van der Waals surface area contributed by atoms with E-state index >= 15 is 0 Å². The summed E-state index contributed by atoms with van der Waals surface area (Å²) in [5, 5.41) is 0. The molecular formula is C15H25ClN2O2. The van der Waals surface area contributed by atoms with Gasteiger partial charge in [-0.3, -0.25) is 4.79 Å². The zero-order chi connectivity index (χ0) is 13.7. The van der Waals surface area contributed by atoms with Crippen LogP contribution in [0.4, 0.5) is 0 Å². The van der Waals surface area contributed by atoms with Crippen LogP contribution < -0.4 is 5.73 Å². The SMILES string of the molecule is CN(C(=O)c1coc(CN)c1)C1CCCCCCC1.Cl. The molecule has 1 heterocycles. The van der Waals surface area contributed by atoms with Gasteiger partial charge in [0.15, 0.2) is 0 Å². The molecule has 0 atom stereocenters. The Balaban J connectivity index is 0.00000200. The Hall–Kier alpha value is -1.00. The Kier molecular flexibility index (Phi) is 7.10. The molecule has 1 aliphatic carbocycles. The van der Waals surface area contributed by atoms with Gasteiger partial charge in [-0.25, -0.2) is 0 Å². The van der Waals surface area contributed by atoms with Gasteiger partial charge in [-0.05, 0) is 18.9 Å². The fraction of sp³-hybridized carbons (Fsp3) is 0.667. The smallest absolute Gasteiger partial charge is 0.257 e. The number of nitrogens with two attached hydrogens (primary N) is 1. The van der Waals surface area contributed by atoms with Gasteiger partial charge in [0.1, 0.15) is 12.0 Å². The summed E-state index contributed by atoms with van der Waals surface area (Å²) in [6.07, 6.45) is 10.1. The van der Waals surface area contributed by atoms with Crippen molar-refractivity contribution >= 4 is 18.3 Å². The lowest BCUT2D eigenvalue weighted by molar-refractivity contribution is 0.0706. The highest BCUT2D eigenvalue weighted by Crippen LogP contribution is 2.22. The highest BCUT2D eigenvalue weighted by molar-refractivity contribution is 5.94. The molecule has 0 bridgehead atoms. The second-order valence-electron chi connectivity index (χ2n) is 5.42. The Labute approximate surface area is 127 Å². The highest BCUT2D eigenvalue weighted by Gasteiger charge is 2.22. The molecule has 5 heteroatoms. The molecule has 0 aliphatic heterocycles. The topological polar surface area (TPSA) is 59.5 Å². The second kappa shape index (κ2) is 8.32. The maximum absolute atomic E-state index is 12.4. The van der Waals surface area contributed by atoms with Crippen molar-refractivity contribution in [2.75, 3.05) is 7.05 Å². The molecule has 1 aromatic rings. The summed E-state index contributed by atoms with van der Waals surface area (Å²) in [5.74, 6) is 0.712. The molecule has 1 saturated carbocycles. The molecule has 0 aromatic carbocycles. The summed E-state index contributed by atoms with van der Waals surface area (Å²) >= 11 is 0. The molecule has 1 aromatic heterocycles. The van der Waals surface area contributed by atoms with Gasteiger partial charge in [0.2, 0.25) is 0 Å². The third kappa shape index (κ3) is 4.25. The average Bonchev–Trinajstić information content (AvgIpc) is 2.85. The lowest BCUT2D eigenvalue weighted by Gasteiger charge is -2.29. The molecule has 1 amide bonds. The van der Waals surface area contributed by atoms with Crippen molar-refractivity contribution in [2.45, 2.75) is 57.5 Å². The molecule has 0 saturated heterocycles. The number of hydrogen-bond acceptors (Lipinski definition) is 3. The van der Waals surface area contributed by atoms with Crippen molar-refractivity contribution in [1.82, 2.24) is 4.90 Å². The van der Waals surface area contributed by atoms with Crippen molar-refractivity contribution < 1.29 is 9.21 Å². The Bertz CT molecular complexity index is 412. The minimum Gasteiger partial charge on any atom is -0.467 e. The second-order valence-corrected chi connectivity index (χ2v) is 5.42. The van der Waals surface area contributed by atoms with Gasteiger partial charge in [-0.1, -0.05) is 32.1 Å². The Morgan fingerprint density at radius 2 is 1.90 bits per heavy atom. The van der Waals surface area contributed by atoms with E-state index in [1.54, 1.807) is 6.07 Å². The van der Waals surface area contributed by atoms with Gasteiger partial charge >= 0.3 is 0 Å². The fourth-order valence-electron chi connectivity index (χ4n) is 2.79. The summed E-state index contributed by atoms with van der Waals surface area (Å²) in [6, 6.07) is 2.12. The average molecular weight is 301 g/mol. The van der Waals surface area contributed by atoms with E-state index in [1.807, 2.05) is 11.9 Å². The molecule has 0 spiro atoms. The number of carbonyl (C=O) groups excluding carboxylic acids is 1. The predicted octanol–water partition coefficient (Wildman–Crippen LogP) is 3.35. The number of amides is 1. The van der Waals surface area contributed by atoms with Gasteiger partial charge < -0.3 is 15.1 Å². The van der Waals surface area contributed by atoms with Gasteiger partial charge in [0.25, 0.3) is 5.91 Å². The van der Waals surface area contributed by atoms with Crippen LogP contribution in [0.3, 0.4) is 0 Å². The van der Waals surface area contributed by atoms with E-state index in [0.717, 1.165) is 12.8 Å². The lowest BCUT2D eigenvalue weighted by Crippen LogP contribution is -2.37. The van der Waals surface area contributed by atoms with Gasteiger partial charge in [0, 0.05) is 13.1 Å². The van der Waals surface area contributed by atoms with E-state index in [2.05, 4.69) is 0 Å². The minimum atomic E-state index is 0. The third-order valence-electron chi connectivity index (χ3n) is 4.04. The van der Waals surface area contributed by atoms with Crippen molar-refractivity contribution in [1.29, 1.82) is 0 Å². The number of rotatable bonds is 3. The van der Waals surface area contributed by atoms with Crippen LogP contribution in [-0.4, -0.2) is 23.9 Å². The van der Waals surface area contributed by atoms with E-state index in [9.17, 15) is 4.79 Å². The molecule has 20 heavy (non-hydrogen) atoms. The molecular weight excluding hydrogens is 276 g/mol. The molecule has 114 valence electrons. The number of halogens is 1. The first-order valence-corrected chi connectivity index (χ1v) is 7.27. The van der Waals surface area contributed by atoms with E-state index in [4.69, 9.17) is 10.2 Å². The normalized spacial score (nSPS) is 16.9.